The molecule has 1 aliphatic rings. The van der Waals surface area contributed by atoms with Gasteiger partial charge in [0.05, 0.1) is 6.61 Å². The van der Waals surface area contributed by atoms with Gasteiger partial charge in [-0.05, 0) is 41.3 Å². The fraction of sp³-hybridized carbons (Fsp3) is 0.273. The maximum absolute atomic E-state index is 15.5. The Morgan fingerprint density at radius 3 is 2.76 bits per heavy atom. The Balaban J connectivity index is 1.97. The third kappa shape index (κ3) is 4.05. The second-order valence-electron chi connectivity index (χ2n) is 6.30. The summed E-state index contributed by atoms with van der Waals surface area (Å²) < 4.78 is 34.7. The molecule has 2 aromatic rings. The van der Waals surface area contributed by atoms with Gasteiger partial charge in [-0.15, -0.1) is 0 Å². The third-order valence-corrected chi connectivity index (χ3v) is 4.29. The van der Waals surface area contributed by atoms with Crippen LogP contribution in [0.3, 0.4) is 0 Å². The standard InChI is InChI=1S/C22H22F2O/c1-2-13-25-16-17-7-5-8-18(14-17)20-10-3-4-11-21(20)22(24)12-6-9-19(23)15-22/h3-11,14-15H,2,12-13,16H2,1H3. The third-order valence-electron chi connectivity index (χ3n) is 4.29. The normalized spacial score (nSPS) is 19.7. The molecule has 1 unspecified atom stereocenters. The van der Waals surface area contributed by atoms with E-state index in [1.807, 2.05) is 36.4 Å². The summed E-state index contributed by atoms with van der Waals surface area (Å²) in [5.74, 6) is -0.537. The van der Waals surface area contributed by atoms with Crippen molar-refractivity contribution < 1.29 is 13.5 Å². The molecule has 0 saturated carbocycles. The first-order chi connectivity index (χ1) is 12.1. The minimum atomic E-state index is -1.83. The Bertz CT molecular complexity index is 794. The zero-order valence-corrected chi connectivity index (χ0v) is 14.3. The molecule has 1 atom stereocenters. The molecular formula is C22H22F2O. The van der Waals surface area contributed by atoms with Crippen molar-refractivity contribution in [2.45, 2.75) is 32.0 Å². The summed E-state index contributed by atoms with van der Waals surface area (Å²) in [4.78, 5) is 0. The summed E-state index contributed by atoms with van der Waals surface area (Å²) >= 11 is 0. The van der Waals surface area contributed by atoms with Gasteiger partial charge in [-0.1, -0.05) is 55.5 Å². The Morgan fingerprint density at radius 1 is 1.12 bits per heavy atom. The number of halogens is 2. The Hall–Kier alpha value is -2.26. The molecular weight excluding hydrogens is 318 g/mol. The van der Waals surface area contributed by atoms with Crippen molar-refractivity contribution in [3.63, 3.8) is 0 Å². The molecule has 130 valence electrons. The zero-order chi connectivity index (χ0) is 17.7. The first kappa shape index (κ1) is 17.6. The van der Waals surface area contributed by atoms with Crippen molar-refractivity contribution >= 4 is 0 Å². The largest absolute Gasteiger partial charge is 0.377 e. The van der Waals surface area contributed by atoms with Gasteiger partial charge in [-0.25, -0.2) is 8.78 Å². The number of rotatable bonds is 6. The predicted octanol–water partition coefficient (Wildman–Crippen LogP) is 6.26. The van der Waals surface area contributed by atoms with Gasteiger partial charge in [0.1, 0.15) is 5.83 Å². The summed E-state index contributed by atoms with van der Waals surface area (Å²) in [6.07, 6.45) is 5.03. The lowest BCUT2D eigenvalue weighted by molar-refractivity contribution is 0.121. The topological polar surface area (TPSA) is 9.23 Å². The van der Waals surface area contributed by atoms with Crippen molar-refractivity contribution in [3.05, 3.63) is 83.7 Å². The van der Waals surface area contributed by atoms with E-state index < -0.39 is 11.5 Å². The average molecular weight is 340 g/mol. The van der Waals surface area contributed by atoms with Crippen LogP contribution in [-0.4, -0.2) is 6.61 Å². The molecule has 0 fully saturated rings. The molecule has 0 aliphatic heterocycles. The maximum atomic E-state index is 15.5. The van der Waals surface area contributed by atoms with Crippen LogP contribution in [0.5, 0.6) is 0 Å². The molecule has 1 aliphatic carbocycles. The fourth-order valence-electron chi connectivity index (χ4n) is 3.12. The first-order valence-electron chi connectivity index (χ1n) is 8.63. The zero-order valence-electron chi connectivity index (χ0n) is 14.3. The summed E-state index contributed by atoms with van der Waals surface area (Å²) in [5, 5.41) is 0. The van der Waals surface area contributed by atoms with E-state index in [9.17, 15) is 4.39 Å². The fourth-order valence-corrected chi connectivity index (χ4v) is 3.12. The van der Waals surface area contributed by atoms with Crippen molar-refractivity contribution in [1.82, 2.24) is 0 Å². The predicted molar refractivity (Wildman–Crippen MR) is 97.6 cm³/mol. The summed E-state index contributed by atoms with van der Waals surface area (Å²) in [6, 6.07) is 15.2. The lowest BCUT2D eigenvalue weighted by Gasteiger charge is -2.26. The monoisotopic (exact) mass is 340 g/mol. The number of benzene rings is 2. The lowest BCUT2D eigenvalue weighted by Crippen LogP contribution is -2.19. The van der Waals surface area contributed by atoms with E-state index in [2.05, 4.69) is 6.92 Å². The highest BCUT2D eigenvalue weighted by Crippen LogP contribution is 2.41. The van der Waals surface area contributed by atoms with E-state index in [4.69, 9.17) is 4.74 Å². The molecule has 0 bridgehead atoms. The SMILES string of the molecule is CCCOCc1cccc(-c2ccccc2C2(F)C=C(F)C=CC2)c1. The number of allylic oxidation sites excluding steroid dienone is 4. The van der Waals surface area contributed by atoms with Crippen molar-refractivity contribution in [1.29, 1.82) is 0 Å². The van der Waals surface area contributed by atoms with Crippen molar-refractivity contribution in [2.24, 2.45) is 0 Å². The molecule has 0 N–H and O–H groups in total. The van der Waals surface area contributed by atoms with Crippen LogP contribution in [0.15, 0.2) is 72.6 Å². The van der Waals surface area contributed by atoms with E-state index in [1.54, 1.807) is 18.2 Å². The molecule has 3 heteroatoms. The molecule has 2 aromatic carbocycles. The van der Waals surface area contributed by atoms with Gasteiger partial charge in [0.15, 0.2) is 5.67 Å². The van der Waals surface area contributed by atoms with E-state index in [0.717, 1.165) is 29.2 Å². The smallest absolute Gasteiger partial charge is 0.161 e. The van der Waals surface area contributed by atoms with Crippen LogP contribution in [0.25, 0.3) is 11.1 Å². The van der Waals surface area contributed by atoms with Crippen LogP contribution in [0.4, 0.5) is 8.78 Å². The number of alkyl halides is 1. The molecule has 3 rings (SSSR count). The van der Waals surface area contributed by atoms with Crippen LogP contribution >= 0.6 is 0 Å². The highest BCUT2D eigenvalue weighted by atomic mass is 19.1. The lowest BCUT2D eigenvalue weighted by atomic mass is 9.84. The number of hydrogen-bond donors (Lipinski definition) is 0. The van der Waals surface area contributed by atoms with Gasteiger partial charge in [-0.2, -0.15) is 0 Å². The van der Waals surface area contributed by atoms with Crippen molar-refractivity contribution in [3.8, 4) is 11.1 Å². The van der Waals surface area contributed by atoms with Crippen LogP contribution in [0.2, 0.25) is 0 Å². The van der Waals surface area contributed by atoms with Crippen LogP contribution in [-0.2, 0) is 17.0 Å². The Labute approximate surface area is 147 Å². The summed E-state index contributed by atoms with van der Waals surface area (Å²) in [6.45, 7) is 3.31. The Kier molecular flexibility index (Phi) is 5.44. The van der Waals surface area contributed by atoms with E-state index in [0.29, 0.717) is 18.8 Å². The van der Waals surface area contributed by atoms with Gasteiger partial charge in [0, 0.05) is 18.6 Å². The van der Waals surface area contributed by atoms with Gasteiger partial charge in [0.25, 0.3) is 0 Å². The molecule has 0 saturated heterocycles. The van der Waals surface area contributed by atoms with Crippen LogP contribution < -0.4 is 0 Å². The van der Waals surface area contributed by atoms with E-state index in [1.165, 1.54) is 6.08 Å². The first-order valence-corrected chi connectivity index (χ1v) is 8.63. The Morgan fingerprint density at radius 2 is 1.96 bits per heavy atom. The van der Waals surface area contributed by atoms with Gasteiger partial charge in [-0.3, -0.25) is 0 Å². The minimum absolute atomic E-state index is 0.136. The summed E-state index contributed by atoms with van der Waals surface area (Å²) in [7, 11) is 0. The van der Waals surface area contributed by atoms with Crippen molar-refractivity contribution in [2.75, 3.05) is 6.61 Å². The molecule has 0 heterocycles. The molecule has 0 amide bonds. The molecule has 0 spiro atoms. The quantitative estimate of drug-likeness (QED) is 0.564. The maximum Gasteiger partial charge on any atom is 0.161 e. The number of hydrogen-bond acceptors (Lipinski definition) is 1. The van der Waals surface area contributed by atoms with Gasteiger partial charge < -0.3 is 4.74 Å². The highest BCUT2D eigenvalue weighted by molar-refractivity contribution is 5.70. The van der Waals surface area contributed by atoms with Crippen LogP contribution in [0, 0.1) is 0 Å². The second kappa shape index (κ2) is 7.75. The summed E-state index contributed by atoms with van der Waals surface area (Å²) in [5.41, 5.74) is 1.39. The van der Waals surface area contributed by atoms with Gasteiger partial charge >= 0.3 is 0 Å². The molecule has 0 radical (unpaired) electrons. The molecule has 25 heavy (non-hydrogen) atoms. The molecule has 0 aromatic heterocycles. The van der Waals surface area contributed by atoms with Crippen LogP contribution in [0.1, 0.15) is 30.9 Å². The minimum Gasteiger partial charge on any atom is -0.377 e. The van der Waals surface area contributed by atoms with Gasteiger partial charge in [0.2, 0.25) is 0 Å². The van der Waals surface area contributed by atoms with E-state index in [-0.39, 0.29) is 6.42 Å². The number of ether oxygens (including phenoxy) is 1. The molecule has 1 nitrogen and oxygen atoms in total. The second-order valence-corrected chi connectivity index (χ2v) is 6.30. The highest BCUT2D eigenvalue weighted by Gasteiger charge is 2.33. The average Bonchev–Trinajstić information content (AvgIpc) is 2.62. The van der Waals surface area contributed by atoms with E-state index >= 15 is 4.39 Å².